The van der Waals surface area contributed by atoms with E-state index in [1.807, 2.05) is 49.4 Å². The normalized spacial score (nSPS) is 11.7. The first-order valence-electron chi connectivity index (χ1n) is 12.8. The van der Waals surface area contributed by atoms with Crippen molar-refractivity contribution in [3.8, 4) is 33.8 Å². The Bertz CT molecular complexity index is 2030. The van der Waals surface area contributed by atoms with Crippen LogP contribution in [0.25, 0.3) is 55.8 Å². The second-order valence-electron chi connectivity index (χ2n) is 9.81. The average Bonchev–Trinajstić information content (AvgIpc) is 3.57. The van der Waals surface area contributed by atoms with Crippen LogP contribution in [0, 0.1) is 6.92 Å². The molecule has 1 amide bonds. The van der Waals surface area contributed by atoms with Crippen molar-refractivity contribution in [3.05, 3.63) is 90.4 Å². The number of hydrogen-bond acceptors (Lipinski definition) is 7. The van der Waals surface area contributed by atoms with Crippen LogP contribution in [0.4, 0.5) is 5.69 Å². The number of aromatic nitrogens is 2. The fourth-order valence-electron chi connectivity index (χ4n) is 4.80. The van der Waals surface area contributed by atoms with Gasteiger partial charge in [-0.1, -0.05) is 29.8 Å². The van der Waals surface area contributed by atoms with Gasteiger partial charge in [-0.25, -0.2) is 8.42 Å². The second-order valence-corrected chi connectivity index (χ2v) is 11.8. The van der Waals surface area contributed by atoms with E-state index in [0.717, 1.165) is 17.4 Å². The zero-order valence-corrected chi connectivity index (χ0v) is 23.6. The predicted molar refractivity (Wildman–Crippen MR) is 159 cm³/mol. The topological polar surface area (TPSA) is 119 Å². The predicted octanol–water partition coefficient (Wildman–Crippen LogP) is 6.03. The number of pyridine rings is 2. The van der Waals surface area contributed by atoms with Crippen molar-refractivity contribution < 1.29 is 22.0 Å². The molecule has 0 unspecified atom stereocenters. The molecule has 0 saturated heterocycles. The number of amides is 1. The standard InChI is InChI=1S/C31H26N4O5S/c1-18-7-9-19(10-8-18)30-29(31(36)32-2)23-13-22(25(15-28(23)40-30)35(3)41(4,37)38)20-12-21(17-33-16-20)27-14-24-26(39-27)6-5-11-34-24/h5-17H,1-4H3,(H,32,36). The van der Waals surface area contributed by atoms with Crippen LogP contribution in [0.15, 0.2) is 88.1 Å². The lowest BCUT2D eigenvalue weighted by Gasteiger charge is -2.20. The Labute approximate surface area is 236 Å². The van der Waals surface area contributed by atoms with E-state index in [4.69, 9.17) is 8.83 Å². The summed E-state index contributed by atoms with van der Waals surface area (Å²) in [6, 6.07) is 18.4. The minimum absolute atomic E-state index is 0.323. The Kier molecular flexibility index (Phi) is 6.34. The van der Waals surface area contributed by atoms with Gasteiger partial charge in [0.1, 0.15) is 22.6 Å². The van der Waals surface area contributed by atoms with Gasteiger partial charge in [0, 0.05) is 72.5 Å². The number of anilines is 1. The highest BCUT2D eigenvalue weighted by atomic mass is 32.2. The number of sulfonamides is 1. The molecule has 0 aliphatic carbocycles. The summed E-state index contributed by atoms with van der Waals surface area (Å²) >= 11 is 0. The molecule has 206 valence electrons. The largest absolute Gasteiger partial charge is 0.455 e. The van der Waals surface area contributed by atoms with E-state index >= 15 is 0 Å². The lowest BCUT2D eigenvalue weighted by molar-refractivity contribution is 0.0964. The molecule has 0 bridgehead atoms. The van der Waals surface area contributed by atoms with Crippen LogP contribution in [0.5, 0.6) is 0 Å². The first kappa shape index (κ1) is 26.3. The summed E-state index contributed by atoms with van der Waals surface area (Å²) in [6.07, 6.45) is 6.14. The molecule has 0 radical (unpaired) electrons. The SMILES string of the molecule is CNC(=O)c1c(-c2ccc(C)cc2)oc2cc(N(C)S(C)(=O)=O)c(-c3cncc(-c4cc5ncccc5o4)c3)cc12. The number of nitrogens with one attached hydrogen (secondary N) is 1. The lowest BCUT2D eigenvalue weighted by atomic mass is 9.98. The van der Waals surface area contributed by atoms with Gasteiger partial charge < -0.3 is 14.2 Å². The Hall–Kier alpha value is -4.96. The molecule has 0 atom stereocenters. The van der Waals surface area contributed by atoms with E-state index in [0.29, 0.717) is 61.5 Å². The Balaban J connectivity index is 1.61. The van der Waals surface area contributed by atoms with E-state index < -0.39 is 10.0 Å². The summed E-state index contributed by atoms with van der Waals surface area (Å²) in [5, 5.41) is 3.25. The minimum Gasteiger partial charge on any atom is -0.455 e. The van der Waals surface area contributed by atoms with Crippen LogP contribution in [-0.4, -0.2) is 44.6 Å². The molecule has 6 aromatic rings. The van der Waals surface area contributed by atoms with Gasteiger partial charge in [0.25, 0.3) is 5.91 Å². The van der Waals surface area contributed by atoms with Crippen LogP contribution in [0.3, 0.4) is 0 Å². The molecule has 2 aromatic carbocycles. The monoisotopic (exact) mass is 566 g/mol. The molecule has 6 rings (SSSR count). The summed E-state index contributed by atoms with van der Waals surface area (Å²) < 4.78 is 38.9. The molecule has 0 saturated carbocycles. The zero-order chi connectivity index (χ0) is 28.9. The highest BCUT2D eigenvalue weighted by Gasteiger charge is 2.26. The van der Waals surface area contributed by atoms with Gasteiger partial charge in [-0.05, 0) is 31.2 Å². The summed E-state index contributed by atoms with van der Waals surface area (Å²) in [5.41, 5.74) is 6.12. The molecule has 0 spiro atoms. The van der Waals surface area contributed by atoms with Gasteiger partial charge >= 0.3 is 0 Å². The molecule has 0 aliphatic heterocycles. The smallest absolute Gasteiger partial charge is 0.255 e. The lowest BCUT2D eigenvalue weighted by Crippen LogP contribution is -2.25. The number of rotatable bonds is 6. The van der Waals surface area contributed by atoms with Crippen molar-refractivity contribution in [2.75, 3.05) is 24.7 Å². The maximum absolute atomic E-state index is 13.2. The van der Waals surface area contributed by atoms with Crippen LogP contribution < -0.4 is 9.62 Å². The van der Waals surface area contributed by atoms with E-state index in [1.54, 1.807) is 43.8 Å². The maximum atomic E-state index is 13.2. The number of nitrogens with zero attached hydrogens (tertiary/aromatic N) is 3. The quantitative estimate of drug-likeness (QED) is 0.261. The van der Waals surface area contributed by atoms with Gasteiger partial charge in [0.15, 0.2) is 5.58 Å². The van der Waals surface area contributed by atoms with Crippen molar-refractivity contribution in [3.63, 3.8) is 0 Å². The van der Waals surface area contributed by atoms with Crippen molar-refractivity contribution in [1.29, 1.82) is 0 Å². The zero-order valence-electron chi connectivity index (χ0n) is 22.8. The fourth-order valence-corrected chi connectivity index (χ4v) is 5.30. The third kappa shape index (κ3) is 4.72. The van der Waals surface area contributed by atoms with Crippen molar-refractivity contribution >= 4 is 43.7 Å². The van der Waals surface area contributed by atoms with Crippen LogP contribution >= 0.6 is 0 Å². The summed E-state index contributed by atoms with van der Waals surface area (Å²) in [6.45, 7) is 1.98. The van der Waals surface area contributed by atoms with Crippen LogP contribution in [0.1, 0.15) is 15.9 Å². The molecule has 0 aliphatic rings. The fraction of sp³-hybridized carbons (Fsp3) is 0.129. The second kappa shape index (κ2) is 9.90. The number of carbonyl (C=O) groups is 1. The summed E-state index contributed by atoms with van der Waals surface area (Å²) in [7, 11) is -0.615. The van der Waals surface area contributed by atoms with Gasteiger partial charge in [0.2, 0.25) is 10.0 Å². The molecule has 41 heavy (non-hydrogen) atoms. The molecule has 4 aromatic heterocycles. The Morgan fingerprint density at radius 3 is 2.39 bits per heavy atom. The first-order valence-corrected chi connectivity index (χ1v) is 14.6. The van der Waals surface area contributed by atoms with Gasteiger partial charge in [-0.2, -0.15) is 0 Å². The first-order chi connectivity index (χ1) is 19.6. The van der Waals surface area contributed by atoms with Crippen molar-refractivity contribution in [1.82, 2.24) is 15.3 Å². The van der Waals surface area contributed by atoms with E-state index in [1.165, 1.54) is 11.4 Å². The van der Waals surface area contributed by atoms with Gasteiger partial charge in [-0.3, -0.25) is 19.1 Å². The summed E-state index contributed by atoms with van der Waals surface area (Å²) in [4.78, 5) is 22.0. The molecular weight excluding hydrogens is 540 g/mol. The van der Waals surface area contributed by atoms with Crippen LogP contribution in [0.2, 0.25) is 0 Å². The van der Waals surface area contributed by atoms with Crippen molar-refractivity contribution in [2.45, 2.75) is 6.92 Å². The number of hydrogen-bond donors (Lipinski definition) is 1. The number of furan rings is 2. The number of carbonyl (C=O) groups excluding carboxylic acids is 1. The molecule has 1 N–H and O–H groups in total. The van der Waals surface area contributed by atoms with E-state index in [2.05, 4.69) is 15.3 Å². The number of aryl methyl sites for hydroxylation is 1. The minimum atomic E-state index is -3.65. The molecule has 9 nitrogen and oxygen atoms in total. The highest BCUT2D eigenvalue weighted by molar-refractivity contribution is 7.92. The third-order valence-electron chi connectivity index (χ3n) is 7.03. The van der Waals surface area contributed by atoms with E-state index in [-0.39, 0.29) is 5.91 Å². The molecular formula is C31H26N4O5S. The average molecular weight is 567 g/mol. The summed E-state index contributed by atoms with van der Waals surface area (Å²) in [5.74, 6) is 0.644. The Morgan fingerprint density at radius 2 is 1.68 bits per heavy atom. The van der Waals surface area contributed by atoms with Gasteiger partial charge in [0.05, 0.1) is 17.5 Å². The molecule has 10 heteroatoms. The molecule has 0 fully saturated rings. The molecule has 4 heterocycles. The van der Waals surface area contributed by atoms with Crippen LogP contribution in [-0.2, 0) is 10.0 Å². The highest BCUT2D eigenvalue weighted by Crippen LogP contribution is 2.42. The van der Waals surface area contributed by atoms with Gasteiger partial charge in [-0.15, -0.1) is 0 Å². The van der Waals surface area contributed by atoms with Crippen molar-refractivity contribution in [2.24, 2.45) is 0 Å². The van der Waals surface area contributed by atoms with E-state index in [9.17, 15) is 13.2 Å². The maximum Gasteiger partial charge on any atom is 0.255 e. The Morgan fingerprint density at radius 1 is 0.927 bits per heavy atom. The number of fused-ring (bicyclic) bond motifs is 2. The number of benzene rings is 2. The third-order valence-corrected chi connectivity index (χ3v) is 8.22.